The molecule has 0 atom stereocenters. The first-order valence-corrected chi connectivity index (χ1v) is 7.21. The van der Waals surface area contributed by atoms with Gasteiger partial charge in [-0.1, -0.05) is 0 Å². The molecule has 2 aromatic rings. The van der Waals surface area contributed by atoms with Crippen molar-refractivity contribution >= 4 is 23.4 Å². The molecule has 0 unspecified atom stereocenters. The molecule has 5 heteroatoms. The van der Waals surface area contributed by atoms with E-state index in [1.165, 1.54) is 31.3 Å². The van der Waals surface area contributed by atoms with Crippen molar-refractivity contribution in [1.29, 1.82) is 0 Å². The fraction of sp³-hybridized carbons (Fsp3) is 0.692. The van der Waals surface area contributed by atoms with Gasteiger partial charge in [-0.15, -0.1) is 0 Å². The van der Waals surface area contributed by atoms with Crippen molar-refractivity contribution in [3.8, 4) is 0 Å². The van der Waals surface area contributed by atoms with Crippen molar-refractivity contribution < 1.29 is 0 Å². The van der Waals surface area contributed by atoms with Gasteiger partial charge in [-0.05, 0) is 56.7 Å². The summed E-state index contributed by atoms with van der Waals surface area (Å²) in [6.07, 6.45) is 5.47. The third-order valence-electron chi connectivity index (χ3n) is 4.38. The van der Waals surface area contributed by atoms with Crippen molar-refractivity contribution in [2.24, 2.45) is 18.9 Å². The Labute approximate surface area is 111 Å². The van der Waals surface area contributed by atoms with Crippen LogP contribution in [0.15, 0.2) is 0 Å². The fourth-order valence-corrected chi connectivity index (χ4v) is 3.60. The summed E-state index contributed by atoms with van der Waals surface area (Å²) in [6, 6.07) is 0.612. The number of hydrogen-bond donors (Lipinski definition) is 1. The Morgan fingerprint density at radius 1 is 1.28 bits per heavy atom. The van der Waals surface area contributed by atoms with Crippen LogP contribution in [0.5, 0.6) is 0 Å². The molecule has 0 aromatic carbocycles. The minimum absolute atomic E-state index is 0.612. The molecule has 0 amide bonds. The molecular weight excluding hydrogens is 244 g/mol. The van der Waals surface area contributed by atoms with Gasteiger partial charge in [0.2, 0.25) is 0 Å². The van der Waals surface area contributed by atoms with Crippen LogP contribution < -0.4 is 0 Å². The van der Waals surface area contributed by atoms with E-state index >= 15 is 0 Å². The van der Waals surface area contributed by atoms with E-state index in [0.717, 1.165) is 27.8 Å². The predicted molar refractivity (Wildman–Crippen MR) is 73.1 cm³/mol. The molecule has 2 heterocycles. The molecule has 2 aliphatic carbocycles. The SMILES string of the molecule is Cc1nn(C)c2c1[nH]c(=S)n2C(C1CC1)C1CC1. The fourth-order valence-electron chi connectivity index (χ4n) is 3.29. The van der Waals surface area contributed by atoms with Gasteiger partial charge in [-0.3, -0.25) is 9.25 Å². The quantitative estimate of drug-likeness (QED) is 0.863. The smallest absolute Gasteiger partial charge is 0.179 e. The highest BCUT2D eigenvalue weighted by atomic mass is 32.1. The monoisotopic (exact) mass is 262 g/mol. The molecule has 4 nitrogen and oxygen atoms in total. The van der Waals surface area contributed by atoms with Crippen LogP contribution in [0.1, 0.15) is 37.4 Å². The van der Waals surface area contributed by atoms with Gasteiger partial charge in [0.15, 0.2) is 10.4 Å². The first kappa shape index (κ1) is 10.8. The lowest BCUT2D eigenvalue weighted by Gasteiger charge is -2.18. The highest BCUT2D eigenvalue weighted by Crippen LogP contribution is 2.52. The summed E-state index contributed by atoms with van der Waals surface area (Å²) in [7, 11) is 2.02. The van der Waals surface area contributed by atoms with Gasteiger partial charge in [-0.2, -0.15) is 5.10 Å². The highest BCUT2D eigenvalue weighted by molar-refractivity contribution is 7.71. The topological polar surface area (TPSA) is 38.5 Å². The van der Waals surface area contributed by atoms with Crippen LogP contribution in [-0.2, 0) is 7.05 Å². The molecule has 0 radical (unpaired) electrons. The Morgan fingerprint density at radius 2 is 1.89 bits per heavy atom. The van der Waals surface area contributed by atoms with Gasteiger partial charge in [0, 0.05) is 13.1 Å². The predicted octanol–water partition coefficient (Wildman–Crippen LogP) is 3.10. The number of aryl methyl sites for hydroxylation is 2. The first-order chi connectivity index (χ1) is 8.66. The minimum atomic E-state index is 0.612. The Kier molecular flexibility index (Phi) is 2.08. The zero-order valence-electron chi connectivity index (χ0n) is 10.8. The zero-order valence-corrected chi connectivity index (χ0v) is 11.6. The number of hydrogen-bond acceptors (Lipinski definition) is 2. The Hall–Kier alpha value is -1.10. The van der Waals surface area contributed by atoms with Crippen molar-refractivity contribution in [3.63, 3.8) is 0 Å². The Bertz CT molecular complexity index is 657. The summed E-state index contributed by atoms with van der Waals surface area (Å²) in [4.78, 5) is 3.36. The number of nitrogens with one attached hydrogen (secondary N) is 1. The van der Waals surface area contributed by atoms with E-state index in [1.54, 1.807) is 0 Å². The average Bonchev–Trinajstić information content (AvgIpc) is 3.20. The summed E-state index contributed by atoms with van der Waals surface area (Å²) in [5.41, 5.74) is 3.35. The van der Waals surface area contributed by atoms with E-state index in [0.29, 0.717) is 6.04 Å². The molecule has 0 bridgehead atoms. The van der Waals surface area contributed by atoms with E-state index in [9.17, 15) is 0 Å². The maximum Gasteiger partial charge on any atom is 0.179 e. The second kappa shape index (κ2) is 3.47. The van der Waals surface area contributed by atoms with Crippen LogP contribution in [0.3, 0.4) is 0 Å². The number of fused-ring (bicyclic) bond motifs is 1. The third-order valence-corrected chi connectivity index (χ3v) is 4.68. The normalized spacial score (nSPS) is 20.2. The van der Waals surface area contributed by atoms with E-state index in [-0.39, 0.29) is 0 Å². The number of aromatic nitrogens is 4. The molecule has 18 heavy (non-hydrogen) atoms. The van der Waals surface area contributed by atoms with Gasteiger partial charge < -0.3 is 4.98 Å². The largest absolute Gasteiger partial charge is 0.328 e. The average molecular weight is 262 g/mol. The van der Waals surface area contributed by atoms with Crippen molar-refractivity contribution in [2.45, 2.75) is 38.6 Å². The van der Waals surface area contributed by atoms with Gasteiger partial charge in [0.1, 0.15) is 5.52 Å². The summed E-state index contributed by atoms with van der Waals surface area (Å²) < 4.78 is 5.22. The molecule has 0 spiro atoms. The van der Waals surface area contributed by atoms with Crippen LogP contribution in [0.25, 0.3) is 11.2 Å². The number of imidazole rings is 1. The standard InChI is InChI=1S/C13H18N4S/c1-7-10-12(16(2)15-7)17(13(18)14-10)11(8-3-4-8)9-5-6-9/h8-9,11H,3-6H2,1-2H3,(H,14,18). The lowest BCUT2D eigenvalue weighted by molar-refractivity contribution is 0.395. The molecule has 2 aliphatic rings. The molecule has 2 saturated carbocycles. The number of aromatic amines is 1. The van der Waals surface area contributed by atoms with Gasteiger partial charge in [0.05, 0.1) is 5.69 Å². The van der Waals surface area contributed by atoms with E-state index in [1.807, 2.05) is 18.7 Å². The lowest BCUT2D eigenvalue weighted by Crippen LogP contribution is -2.15. The molecule has 2 aromatic heterocycles. The van der Waals surface area contributed by atoms with Crippen molar-refractivity contribution in [1.82, 2.24) is 19.3 Å². The summed E-state index contributed by atoms with van der Waals surface area (Å²) in [6.45, 7) is 2.04. The summed E-state index contributed by atoms with van der Waals surface area (Å²) >= 11 is 5.56. The third kappa shape index (κ3) is 1.43. The Balaban J connectivity index is 1.97. The minimum Gasteiger partial charge on any atom is -0.328 e. The van der Waals surface area contributed by atoms with Crippen LogP contribution in [-0.4, -0.2) is 19.3 Å². The van der Waals surface area contributed by atoms with E-state index in [4.69, 9.17) is 12.2 Å². The highest BCUT2D eigenvalue weighted by Gasteiger charge is 2.43. The zero-order chi connectivity index (χ0) is 12.4. The Morgan fingerprint density at radius 3 is 2.44 bits per heavy atom. The molecule has 0 saturated heterocycles. The maximum atomic E-state index is 5.56. The molecular formula is C13H18N4S. The van der Waals surface area contributed by atoms with Gasteiger partial charge >= 0.3 is 0 Å². The molecule has 2 fully saturated rings. The lowest BCUT2D eigenvalue weighted by atomic mass is 10.1. The van der Waals surface area contributed by atoms with E-state index in [2.05, 4.69) is 14.6 Å². The van der Waals surface area contributed by atoms with Crippen molar-refractivity contribution in [2.75, 3.05) is 0 Å². The maximum absolute atomic E-state index is 5.56. The molecule has 0 aliphatic heterocycles. The molecule has 96 valence electrons. The number of H-pyrrole nitrogens is 1. The molecule has 1 N–H and O–H groups in total. The summed E-state index contributed by atoms with van der Waals surface area (Å²) in [5, 5.41) is 4.51. The van der Waals surface area contributed by atoms with Crippen LogP contribution in [0, 0.1) is 23.5 Å². The van der Waals surface area contributed by atoms with E-state index < -0.39 is 0 Å². The van der Waals surface area contributed by atoms with Gasteiger partial charge in [0.25, 0.3) is 0 Å². The van der Waals surface area contributed by atoms with Crippen molar-refractivity contribution in [3.05, 3.63) is 10.5 Å². The summed E-state index contributed by atoms with van der Waals surface area (Å²) in [5.74, 6) is 1.69. The van der Waals surface area contributed by atoms with Crippen LogP contribution in [0.4, 0.5) is 0 Å². The second-order valence-corrected chi connectivity index (χ2v) is 6.26. The second-order valence-electron chi connectivity index (χ2n) is 5.87. The number of rotatable bonds is 3. The molecule has 4 rings (SSSR count). The number of nitrogens with zero attached hydrogens (tertiary/aromatic N) is 3. The van der Waals surface area contributed by atoms with Crippen LogP contribution >= 0.6 is 12.2 Å². The first-order valence-electron chi connectivity index (χ1n) is 6.80. The van der Waals surface area contributed by atoms with Crippen LogP contribution in [0.2, 0.25) is 0 Å². The van der Waals surface area contributed by atoms with Gasteiger partial charge in [-0.25, -0.2) is 0 Å².